The van der Waals surface area contributed by atoms with Crippen LogP contribution in [0, 0.1) is 0 Å². The smallest absolute Gasteiger partial charge is 0.332 e. The molecule has 1 aromatic heterocycles. The first-order valence-electron chi connectivity index (χ1n) is 7.67. The molecule has 0 atom stereocenters. The van der Waals surface area contributed by atoms with Crippen LogP contribution in [0.1, 0.15) is 5.56 Å². The molecule has 9 heteroatoms. The highest BCUT2D eigenvalue weighted by Gasteiger charge is 2.12. The van der Waals surface area contributed by atoms with E-state index in [2.05, 4.69) is 5.32 Å². The van der Waals surface area contributed by atoms with Gasteiger partial charge in [0.25, 0.3) is 11.5 Å². The first-order valence-corrected chi connectivity index (χ1v) is 7.67. The fourth-order valence-electron chi connectivity index (χ4n) is 2.18. The standard InChI is InChI=1S/C17H19N3O6/c1-19-13(9-15(22)20(2)17(19)24)18-14(21)10-26-16(23)8-11-5-4-6-12(7-11)25-3/h4-7,9H,8,10H2,1-3H3,(H,18,21). The van der Waals surface area contributed by atoms with Gasteiger partial charge in [-0.05, 0) is 17.7 Å². The second kappa shape index (κ2) is 8.15. The molecule has 26 heavy (non-hydrogen) atoms. The summed E-state index contributed by atoms with van der Waals surface area (Å²) in [6.07, 6.45) is -0.0190. The largest absolute Gasteiger partial charge is 0.497 e. The van der Waals surface area contributed by atoms with Crippen LogP contribution in [0.25, 0.3) is 0 Å². The summed E-state index contributed by atoms with van der Waals surface area (Å²) in [4.78, 5) is 47.1. The average Bonchev–Trinajstić information content (AvgIpc) is 2.63. The van der Waals surface area contributed by atoms with Crippen molar-refractivity contribution >= 4 is 17.7 Å². The lowest BCUT2D eigenvalue weighted by atomic mass is 10.1. The Labute approximate surface area is 148 Å². The van der Waals surface area contributed by atoms with Crippen LogP contribution < -0.4 is 21.3 Å². The Morgan fingerprint density at radius 3 is 2.54 bits per heavy atom. The average molecular weight is 361 g/mol. The molecule has 9 nitrogen and oxygen atoms in total. The van der Waals surface area contributed by atoms with Crippen LogP contribution in [0.4, 0.5) is 5.82 Å². The lowest BCUT2D eigenvalue weighted by Crippen LogP contribution is -2.38. The summed E-state index contributed by atoms with van der Waals surface area (Å²) in [6, 6.07) is 8.02. The first kappa shape index (κ1) is 19.0. The van der Waals surface area contributed by atoms with E-state index in [4.69, 9.17) is 9.47 Å². The molecule has 0 aliphatic heterocycles. The van der Waals surface area contributed by atoms with E-state index in [0.717, 1.165) is 15.2 Å². The molecule has 2 aromatic rings. The number of amides is 1. The number of nitrogens with zero attached hydrogens (tertiary/aromatic N) is 2. The van der Waals surface area contributed by atoms with Crippen LogP contribution in [-0.4, -0.2) is 34.7 Å². The molecule has 0 saturated carbocycles. The number of hydrogen-bond donors (Lipinski definition) is 1. The highest BCUT2D eigenvalue weighted by atomic mass is 16.5. The van der Waals surface area contributed by atoms with Crippen LogP contribution in [0.5, 0.6) is 5.75 Å². The first-order chi connectivity index (χ1) is 12.3. The predicted octanol–water partition coefficient (Wildman–Crippen LogP) is -0.183. The lowest BCUT2D eigenvalue weighted by molar-refractivity contribution is -0.146. The van der Waals surface area contributed by atoms with E-state index < -0.39 is 29.7 Å². The van der Waals surface area contributed by atoms with Gasteiger partial charge in [-0.1, -0.05) is 12.1 Å². The summed E-state index contributed by atoms with van der Waals surface area (Å²) >= 11 is 0. The molecule has 1 N–H and O–H groups in total. The van der Waals surface area contributed by atoms with E-state index in [9.17, 15) is 19.2 Å². The second-order valence-corrected chi connectivity index (χ2v) is 5.51. The van der Waals surface area contributed by atoms with Crippen molar-refractivity contribution < 1.29 is 19.1 Å². The number of esters is 1. The van der Waals surface area contributed by atoms with Crippen molar-refractivity contribution in [1.29, 1.82) is 0 Å². The second-order valence-electron chi connectivity index (χ2n) is 5.51. The summed E-state index contributed by atoms with van der Waals surface area (Å²) in [5, 5.41) is 2.37. The van der Waals surface area contributed by atoms with E-state index in [1.54, 1.807) is 24.3 Å². The number of nitrogens with one attached hydrogen (secondary N) is 1. The van der Waals surface area contributed by atoms with Gasteiger partial charge >= 0.3 is 11.7 Å². The van der Waals surface area contributed by atoms with E-state index in [-0.39, 0.29) is 12.2 Å². The number of aromatic nitrogens is 2. The molecule has 1 amide bonds. The lowest BCUT2D eigenvalue weighted by Gasteiger charge is -2.11. The summed E-state index contributed by atoms with van der Waals surface area (Å²) in [7, 11) is 4.26. The van der Waals surface area contributed by atoms with Crippen molar-refractivity contribution in [1.82, 2.24) is 9.13 Å². The summed E-state index contributed by atoms with van der Waals surface area (Å²) in [5.41, 5.74) is -0.454. The molecule has 0 aliphatic rings. The van der Waals surface area contributed by atoms with Gasteiger partial charge in [-0.25, -0.2) is 4.79 Å². The van der Waals surface area contributed by atoms with Crippen LogP contribution in [-0.2, 0) is 34.8 Å². The number of methoxy groups -OCH3 is 1. The highest BCUT2D eigenvalue weighted by molar-refractivity contribution is 5.92. The minimum Gasteiger partial charge on any atom is -0.497 e. The Morgan fingerprint density at radius 2 is 1.85 bits per heavy atom. The zero-order valence-corrected chi connectivity index (χ0v) is 14.6. The van der Waals surface area contributed by atoms with Crippen molar-refractivity contribution in [3.63, 3.8) is 0 Å². The SMILES string of the molecule is COc1cccc(CC(=O)OCC(=O)Nc2cc(=O)n(C)c(=O)n2C)c1. The van der Waals surface area contributed by atoms with Gasteiger partial charge in [0.05, 0.1) is 13.5 Å². The maximum Gasteiger partial charge on any atom is 0.332 e. The maximum atomic E-state index is 11.9. The third kappa shape index (κ3) is 4.59. The molecule has 2 rings (SSSR count). The van der Waals surface area contributed by atoms with Crippen molar-refractivity contribution in [2.24, 2.45) is 14.1 Å². The fourth-order valence-corrected chi connectivity index (χ4v) is 2.18. The predicted molar refractivity (Wildman–Crippen MR) is 93.2 cm³/mol. The van der Waals surface area contributed by atoms with Crippen LogP contribution in [0.15, 0.2) is 39.9 Å². The van der Waals surface area contributed by atoms with Gasteiger partial charge in [0.2, 0.25) is 0 Å². The molecule has 1 heterocycles. The van der Waals surface area contributed by atoms with Gasteiger partial charge in [0, 0.05) is 20.2 Å². The Morgan fingerprint density at radius 1 is 1.12 bits per heavy atom. The molecule has 0 spiro atoms. The third-order valence-corrected chi connectivity index (χ3v) is 3.64. The van der Waals surface area contributed by atoms with Crippen LogP contribution >= 0.6 is 0 Å². The maximum absolute atomic E-state index is 11.9. The molecular formula is C17H19N3O6. The Hall–Kier alpha value is -3.36. The summed E-state index contributed by atoms with van der Waals surface area (Å²) in [6.45, 7) is -0.536. The van der Waals surface area contributed by atoms with E-state index >= 15 is 0 Å². The number of hydrogen-bond acceptors (Lipinski definition) is 6. The van der Waals surface area contributed by atoms with Gasteiger partial charge in [-0.2, -0.15) is 0 Å². The van der Waals surface area contributed by atoms with Crippen molar-refractivity contribution in [2.75, 3.05) is 19.0 Å². The zero-order chi connectivity index (χ0) is 19.3. The zero-order valence-electron chi connectivity index (χ0n) is 14.6. The number of carbonyl (C=O) groups is 2. The monoisotopic (exact) mass is 361 g/mol. The molecule has 0 fully saturated rings. The summed E-state index contributed by atoms with van der Waals surface area (Å²) in [5.74, 6) is -0.620. The summed E-state index contributed by atoms with van der Waals surface area (Å²) < 4.78 is 12.0. The molecular weight excluding hydrogens is 342 g/mol. The third-order valence-electron chi connectivity index (χ3n) is 3.64. The Kier molecular flexibility index (Phi) is 5.94. The fraction of sp³-hybridized carbons (Fsp3) is 0.294. The van der Waals surface area contributed by atoms with Crippen molar-refractivity contribution in [3.05, 3.63) is 56.7 Å². The van der Waals surface area contributed by atoms with E-state index in [1.807, 2.05) is 0 Å². The topological polar surface area (TPSA) is 109 Å². The van der Waals surface area contributed by atoms with Gasteiger partial charge in [0.1, 0.15) is 11.6 Å². The normalized spacial score (nSPS) is 10.3. The Balaban J connectivity index is 1.93. The number of ether oxygens (including phenoxy) is 2. The molecule has 0 bridgehead atoms. The molecule has 0 unspecified atom stereocenters. The van der Waals surface area contributed by atoms with Gasteiger partial charge < -0.3 is 14.8 Å². The van der Waals surface area contributed by atoms with Gasteiger partial charge in [0.15, 0.2) is 6.61 Å². The number of benzene rings is 1. The molecule has 0 saturated heterocycles. The van der Waals surface area contributed by atoms with E-state index in [1.165, 1.54) is 21.2 Å². The molecule has 1 aromatic carbocycles. The van der Waals surface area contributed by atoms with Crippen molar-refractivity contribution in [3.8, 4) is 5.75 Å². The Bertz CT molecular complexity index is 944. The highest BCUT2D eigenvalue weighted by Crippen LogP contribution is 2.13. The molecule has 138 valence electrons. The van der Waals surface area contributed by atoms with Gasteiger partial charge in [-0.3, -0.25) is 23.5 Å². The van der Waals surface area contributed by atoms with Crippen LogP contribution in [0.3, 0.4) is 0 Å². The number of anilines is 1. The number of carbonyl (C=O) groups excluding carboxylic acids is 2. The van der Waals surface area contributed by atoms with Crippen LogP contribution in [0.2, 0.25) is 0 Å². The quantitative estimate of drug-likeness (QED) is 0.715. The van der Waals surface area contributed by atoms with Gasteiger partial charge in [-0.15, -0.1) is 0 Å². The number of rotatable bonds is 6. The van der Waals surface area contributed by atoms with Crippen molar-refractivity contribution in [2.45, 2.75) is 6.42 Å². The molecule has 0 radical (unpaired) electrons. The molecule has 0 aliphatic carbocycles. The minimum atomic E-state index is -0.660. The van der Waals surface area contributed by atoms with E-state index in [0.29, 0.717) is 11.3 Å². The minimum absolute atomic E-state index is 0.0190.